The van der Waals surface area contributed by atoms with Crippen LogP contribution in [-0.4, -0.2) is 14.3 Å². The first-order valence-corrected chi connectivity index (χ1v) is 8.47. The number of sulfonamides is 1. The van der Waals surface area contributed by atoms with Crippen molar-refractivity contribution < 1.29 is 8.42 Å². The summed E-state index contributed by atoms with van der Waals surface area (Å²) in [4.78, 5) is -0.116. The average molecular weight is 334 g/mol. The van der Waals surface area contributed by atoms with Gasteiger partial charge in [0.2, 0.25) is 10.0 Å². The van der Waals surface area contributed by atoms with Crippen molar-refractivity contribution in [3.05, 3.63) is 35.4 Å². The molecule has 0 aliphatic heterocycles. The van der Waals surface area contributed by atoms with Crippen molar-refractivity contribution in [1.29, 1.82) is 5.26 Å². The monoisotopic (exact) mass is 334 g/mol. The van der Waals surface area contributed by atoms with E-state index in [1.807, 2.05) is 6.08 Å². The Kier molecular flexibility index (Phi) is 5.00. The Morgan fingerprint density at radius 3 is 2.70 bits per heavy atom. The predicted octanol–water partition coefficient (Wildman–Crippen LogP) is 0.125. The summed E-state index contributed by atoms with van der Waals surface area (Å²) in [5.74, 6) is 5.04. The first-order chi connectivity index (χ1) is 10.9. The lowest BCUT2D eigenvalue weighted by molar-refractivity contribution is 0.597. The van der Waals surface area contributed by atoms with Crippen molar-refractivity contribution in [2.24, 2.45) is 27.7 Å². The fourth-order valence-electron chi connectivity index (χ4n) is 2.62. The largest absolute Gasteiger partial charge is 0.382 e. The summed E-state index contributed by atoms with van der Waals surface area (Å²) >= 11 is 0. The molecular weight excluding hydrogens is 316 g/mol. The highest BCUT2D eigenvalue weighted by Crippen LogP contribution is 2.33. The summed E-state index contributed by atoms with van der Waals surface area (Å²) in [7, 11) is -3.98. The summed E-state index contributed by atoms with van der Waals surface area (Å²) in [6.45, 7) is 0. The first kappa shape index (κ1) is 17.0. The molecule has 0 aromatic heterocycles. The van der Waals surface area contributed by atoms with Crippen LogP contribution in [0, 0.1) is 17.2 Å². The zero-order chi connectivity index (χ0) is 17.0. The summed E-state index contributed by atoms with van der Waals surface area (Å²) in [5.41, 5.74) is 9.68. The number of nitriles is 1. The maximum Gasteiger partial charge on any atom is 0.238 e. The van der Waals surface area contributed by atoms with Crippen molar-refractivity contribution in [2.75, 3.05) is 0 Å². The number of rotatable bonds is 4. The molecule has 0 saturated carbocycles. The van der Waals surface area contributed by atoms with Gasteiger partial charge in [-0.15, -0.1) is 5.10 Å². The minimum Gasteiger partial charge on any atom is -0.382 e. The normalized spacial score (nSPS) is 18.9. The minimum atomic E-state index is -3.98. The summed E-state index contributed by atoms with van der Waals surface area (Å²) < 4.78 is 23.7. The van der Waals surface area contributed by atoms with Crippen LogP contribution in [0.3, 0.4) is 0 Å². The lowest BCUT2D eigenvalue weighted by Crippen LogP contribution is -2.27. The zero-order valence-electron chi connectivity index (χ0n) is 12.4. The number of nitrogens with two attached hydrogens (primary N) is 3. The van der Waals surface area contributed by atoms with E-state index < -0.39 is 10.0 Å². The number of hydrogen-bond donors (Lipinski definition) is 4. The van der Waals surface area contributed by atoms with Crippen LogP contribution in [0.1, 0.15) is 30.4 Å². The van der Waals surface area contributed by atoms with Gasteiger partial charge in [-0.25, -0.2) is 24.9 Å². The Hall–Kier alpha value is -2.41. The van der Waals surface area contributed by atoms with Gasteiger partial charge in [-0.2, -0.15) is 5.26 Å². The van der Waals surface area contributed by atoms with Crippen LogP contribution >= 0.6 is 0 Å². The molecule has 9 heteroatoms. The zero-order valence-corrected chi connectivity index (χ0v) is 13.2. The third-order valence-corrected chi connectivity index (χ3v) is 4.67. The molecule has 1 unspecified atom stereocenters. The third-order valence-electron chi connectivity index (χ3n) is 3.71. The number of nitrogens with one attached hydrogen (secondary N) is 1. The Balaban J connectivity index is 2.63. The second kappa shape index (κ2) is 6.78. The number of benzene rings is 1. The molecule has 122 valence electrons. The van der Waals surface area contributed by atoms with Crippen LogP contribution < -0.4 is 22.3 Å². The average Bonchev–Trinajstić information content (AvgIpc) is 2.53. The highest BCUT2D eigenvalue weighted by Gasteiger charge is 2.23. The van der Waals surface area contributed by atoms with Crippen molar-refractivity contribution in [3.63, 3.8) is 0 Å². The number of primary sulfonamides is 1. The van der Waals surface area contributed by atoms with Crippen molar-refractivity contribution in [3.8, 4) is 6.07 Å². The van der Waals surface area contributed by atoms with Crippen LogP contribution in [0.25, 0.3) is 5.57 Å². The maximum atomic E-state index is 11.8. The molecule has 23 heavy (non-hydrogen) atoms. The molecule has 1 aromatic carbocycles. The molecule has 0 amide bonds. The van der Waals surface area contributed by atoms with Crippen LogP contribution in [0.2, 0.25) is 0 Å². The van der Waals surface area contributed by atoms with Gasteiger partial charge >= 0.3 is 0 Å². The number of allylic oxidation sites excluding steroid dienone is 2. The van der Waals surface area contributed by atoms with Crippen LogP contribution in [0.15, 0.2) is 34.3 Å². The number of hydrogen-bond acceptors (Lipinski definition) is 6. The molecule has 1 atom stereocenters. The third kappa shape index (κ3) is 3.68. The van der Waals surface area contributed by atoms with Crippen molar-refractivity contribution in [2.45, 2.75) is 24.2 Å². The molecule has 0 heterocycles. The van der Waals surface area contributed by atoms with Crippen molar-refractivity contribution >= 4 is 21.4 Å². The van der Waals surface area contributed by atoms with E-state index >= 15 is 0 Å². The lowest BCUT2D eigenvalue weighted by Gasteiger charge is -2.20. The van der Waals surface area contributed by atoms with Gasteiger partial charge in [0.1, 0.15) is 0 Å². The number of amidine groups is 1. The molecule has 0 saturated heterocycles. The van der Waals surface area contributed by atoms with E-state index in [-0.39, 0.29) is 22.2 Å². The van der Waals surface area contributed by atoms with E-state index in [2.05, 4.69) is 16.7 Å². The number of nitrogens with zero attached hydrogens (tertiary/aromatic N) is 2. The molecule has 7 N–H and O–H groups in total. The number of hydrazine groups is 1. The Morgan fingerprint density at radius 1 is 1.43 bits per heavy atom. The SMILES string of the molecule is N#CC1CC=C(c2cccc(S(N)(=O)=O)c2/C(N)=N/NN)CC1. The smallest absolute Gasteiger partial charge is 0.238 e. The second-order valence-electron chi connectivity index (χ2n) is 5.18. The van der Waals surface area contributed by atoms with Gasteiger partial charge in [0, 0.05) is 5.56 Å². The van der Waals surface area contributed by atoms with E-state index in [1.165, 1.54) is 6.07 Å². The maximum absolute atomic E-state index is 11.8. The summed E-state index contributed by atoms with van der Waals surface area (Å²) in [6, 6.07) is 6.95. The van der Waals surface area contributed by atoms with E-state index in [4.69, 9.17) is 22.0 Å². The molecule has 1 aromatic rings. The summed E-state index contributed by atoms with van der Waals surface area (Å²) in [6.07, 6.45) is 3.87. The van der Waals surface area contributed by atoms with Gasteiger partial charge in [-0.3, -0.25) is 0 Å². The van der Waals surface area contributed by atoms with E-state index in [0.717, 1.165) is 5.57 Å². The van der Waals surface area contributed by atoms with E-state index in [9.17, 15) is 8.42 Å². The Labute approximate surface area is 134 Å². The molecule has 0 fully saturated rings. The molecule has 0 bridgehead atoms. The molecule has 0 radical (unpaired) electrons. The predicted molar refractivity (Wildman–Crippen MR) is 86.8 cm³/mol. The van der Waals surface area contributed by atoms with Gasteiger partial charge in [-0.05, 0) is 36.5 Å². The lowest BCUT2D eigenvalue weighted by atomic mass is 9.85. The second-order valence-corrected chi connectivity index (χ2v) is 6.71. The fraction of sp³-hybridized carbons (Fsp3) is 0.286. The van der Waals surface area contributed by atoms with E-state index in [0.29, 0.717) is 24.8 Å². The molecule has 2 rings (SSSR count). The van der Waals surface area contributed by atoms with Crippen LogP contribution in [-0.2, 0) is 10.0 Å². The highest BCUT2D eigenvalue weighted by atomic mass is 32.2. The molecule has 1 aliphatic carbocycles. The van der Waals surface area contributed by atoms with Crippen LogP contribution in [0.5, 0.6) is 0 Å². The van der Waals surface area contributed by atoms with Gasteiger partial charge in [-0.1, -0.05) is 18.2 Å². The van der Waals surface area contributed by atoms with Gasteiger partial charge in [0.25, 0.3) is 0 Å². The number of hydrazone groups is 1. The van der Waals surface area contributed by atoms with Crippen molar-refractivity contribution in [1.82, 2.24) is 5.53 Å². The Morgan fingerprint density at radius 2 is 2.17 bits per heavy atom. The standard InChI is InChI=1S/C14H18N6O2S/c15-8-9-4-6-10(7-5-9)11-2-1-3-12(23(18,21)22)13(11)14(16)19-20-17/h1-3,6,9,20H,4-5,7,17H2,(H2,16,19)(H2,18,21,22). The fourth-order valence-corrected chi connectivity index (χ4v) is 3.39. The minimum absolute atomic E-state index is 0.0275. The first-order valence-electron chi connectivity index (χ1n) is 6.92. The van der Waals surface area contributed by atoms with E-state index in [1.54, 1.807) is 12.1 Å². The Bertz CT molecular complexity index is 807. The molecule has 0 spiro atoms. The highest BCUT2D eigenvalue weighted by molar-refractivity contribution is 7.89. The molecular formula is C14H18N6O2S. The van der Waals surface area contributed by atoms with Gasteiger partial charge in [0.05, 0.1) is 16.9 Å². The van der Waals surface area contributed by atoms with Crippen LogP contribution in [0.4, 0.5) is 0 Å². The van der Waals surface area contributed by atoms with Gasteiger partial charge < -0.3 is 5.73 Å². The molecule has 1 aliphatic rings. The quantitative estimate of drug-likeness (QED) is 0.265. The molecule has 8 nitrogen and oxygen atoms in total. The topological polar surface area (TPSA) is 160 Å². The summed E-state index contributed by atoms with van der Waals surface area (Å²) in [5, 5.41) is 17.9. The van der Waals surface area contributed by atoms with Gasteiger partial charge in [0.15, 0.2) is 5.84 Å².